The molecule has 0 fully saturated rings. The zero-order valence-electron chi connectivity index (χ0n) is 8.96. The van der Waals surface area contributed by atoms with E-state index in [1.807, 2.05) is 0 Å². The molecule has 1 rings (SSSR count). The molecule has 1 aromatic rings. The average Bonchev–Trinajstić information content (AvgIpc) is 2.26. The van der Waals surface area contributed by atoms with Gasteiger partial charge in [-0.1, -0.05) is 0 Å². The third-order valence-electron chi connectivity index (χ3n) is 2.12. The van der Waals surface area contributed by atoms with Crippen LogP contribution in [0.25, 0.3) is 0 Å². The molecule has 17 heavy (non-hydrogen) atoms. The summed E-state index contributed by atoms with van der Waals surface area (Å²) in [4.78, 5) is 10.4. The number of carbonyl (C=O) groups is 1. The van der Waals surface area contributed by atoms with Crippen LogP contribution in [0.4, 0.5) is 8.78 Å². The Morgan fingerprint density at radius 2 is 2.00 bits per heavy atom. The molecular formula is C11H11F2N3O. The summed E-state index contributed by atoms with van der Waals surface area (Å²) in [7, 11) is 0. The normalized spacial score (nSPS) is 9.94. The molecule has 1 aromatic carbocycles. The van der Waals surface area contributed by atoms with Gasteiger partial charge in [-0.3, -0.25) is 4.79 Å². The van der Waals surface area contributed by atoms with Crippen molar-refractivity contribution < 1.29 is 13.6 Å². The Hall–Kier alpha value is -2.00. The van der Waals surface area contributed by atoms with Gasteiger partial charge in [0, 0.05) is 25.1 Å². The second kappa shape index (κ2) is 5.92. The molecule has 0 aliphatic carbocycles. The van der Waals surface area contributed by atoms with E-state index in [1.54, 1.807) is 6.07 Å². The first-order valence-electron chi connectivity index (χ1n) is 4.91. The van der Waals surface area contributed by atoms with Crippen molar-refractivity contribution in [2.45, 2.75) is 13.0 Å². The van der Waals surface area contributed by atoms with E-state index < -0.39 is 17.5 Å². The quantitative estimate of drug-likeness (QED) is 0.746. The maximum atomic E-state index is 13.4. The minimum atomic E-state index is -0.784. The maximum absolute atomic E-state index is 13.4. The van der Waals surface area contributed by atoms with Crippen LogP contribution >= 0.6 is 0 Å². The summed E-state index contributed by atoms with van der Waals surface area (Å²) in [5, 5.41) is 11.2. The van der Waals surface area contributed by atoms with Crippen LogP contribution in [0.3, 0.4) is 0 Å². The molecule has 1 amide bonds. The van der Waals surface area contributed by atoms with Gasteiger partial charge in [0.15, 0.2) is 0 Å². The van der Waals surface area contributed by atoms with Crippen molar-refractivity contribution in [3.63, 3.8) is 0 Å². The highest BCUT2D eigenvalue weighted by Gasteiger charge is 2.10. The lowest BCUT2D eigenvalue weighted by atomic mass is 10.1. The van der Waals surface area contributed by atoms with Gasteiger partial charge in [0.2, 0.25) is 5.91 Å². The van der Waals surface area contributed by atoms with E-state index in [0.717, 1.165) is 12.1 Å². The van der Waals surface area contributed by atoms with Gasteiger partial charge in [0.05, 0.1) is 11.6 Å². The van der Waals surface area contributed by atoms with Gasteiger partial charge in [0.1, 0.15) is 11.6 Å². The third-order valence-corrected chi connectivity index (χ3v) is 2.12. The number of carbonyl (C=O) groups excluding carboxylic acids is 1. The number of rotatable bonds is 5. The molecule has 0 saturated heterocycles. The van der Waals surface area contributed by atoms with Gasteiger partial charge in [-0.2, -0.15) is 5.26 Å². The number of halogens is 2. The van der Waals surface area contributed by atoms with Gasteiger partial charge < -0.3 is 11.1 Å². The Balaban J connectivity index is 2.66. The van der Waals surface area contributed by atoms with Crippen LogP contribution in [0.15, 0.2) is 12.1 Å². The Labute approximate surface area is 97.0 Å². The van der Waals surface area contributed by atoms with Crippen LogP contribution in [0.5, 0.6) is 0 Å². The number of nitrogens with zero attached hydrogens (tertiary/aromatic N) is 1. The summed E-state index contributed by atoms with van der Waals surface area (Å²) in [5.74, 6) is -2.06. The minimum absolute atomic E-state index is 0.0589. The second-order valence-corrected chi connectivity index (χ2v) is 3.42. The smallest absolute Gasteiger partial charge is 0.218 e. The molecule has 0 aliphatic rings. The fraction of sp³-hybridized carbons (Fsp3) is 0.273. The molecule has 0 saturated carbocycles. The fourth-order valence-electron chi connectivity index (χ4n) is 1.26. The van der Waals surface area contributed by atoms with Crippen molar-refractivity contribution in [1.29, 1.82) is 5.26 Å². The summed E-state index contributed by atoms with van der Waals surface area (Å²) in [6.07, 6.45) is 0.0967. The topological polar surface area (TPSA) is 78.9 Å². The molecule has 0 heterocycles. The van der Waals surface area contributed by atoms with Crippen LogP contribution in [-0.4, -0.2) is 12.5 Å². The highest BCUT2D eigenvalue weighted by molar-refractivity contribution is 5.73. The van der Waals surface area contributed by atoms with E-state index in [0.29, 0.717) is 0 Å². The Bertz CT molecular complexity index is 445. The lowest BCUT2D eigenvalue weighted by Crippen LogP contribution is -2.22. The predicted molar refractivity (Wildman–Crippen MR) is 56.6 cm³/mol. The lowest BCUT2D eigenvalue weighted by molar-refractivity contribution is -0.117. The molecular weight excluding hydrogens is 228 g/mol. The number of benzene rings is 1. The summed E-state index contributed by atoms with van der Waals surface area (Å²) in [6, 6.07) is 3.59. The summed E-state index contributed by atoms with van der Waals surface area (Å²) in [6.45, 7) is 0.185. The van der Waals surface area contributed by atoms with Crippen LogP contribution in [-0.2, 0) is 11.3 Å². The SMILES string of the molecule is N#Cc1cc(F)c(CNCCC(N)=O)c(F)c1. The molecule has 0 atom stereocenters. The van der Waals surface area contributed by atoms with Gasteiger partial charge in [0.25, 0.3) is 0 Å². The first kappa shape index (κ1) is 13.1. The number of amides is 1. The molecule has 0 aliphatic heterocycles. The molecule has 4 nitrogen and oxygen atoms in total. The number of primary amides is 1. The van der Waals surface area contributed by atoms with Gasteiger partial charge in [-0.15, -0.1) is 0 Å². The van der Waals surface area contributed by atoms with Gasteiger partial charge >= 0.3 is 0 Å². The summed E-state index contributed by atoms with van der Waals surface area (Å²) >= 11 is 0. The zero-order valence-corrected chi connectivity index (χ0v) is 8.96. The van der Waals surface area contributed by atoms with E-state index in [1.165, 1.54) is 0 Å². The Kier molecular flexibility index (Phi) is 4.55. The van der Waals surface area contributed by atoms with Crippen molar-refractivity contribution >= 4 is 5.91 Å². The number of nitriles is 1. The Morgan fingerprint density at radius 1 is 1.41 bits per heavy atom. The first-order chi connectivity index (χ1) is 8.04. The monoisotopic (exact) mass is 239 g/mol. The zero-order chi connectivity index (χ0) is 12.8. The molecule has 3 N–H and O–H groups in total. The highest BCUT2D eigenvalue weighted by Crippen LogP contribution is 2.14. The average molecular weight is 239 g/mol. The van der Waals surface area contributed by atoms with Crippen molar-refractivity contribution in [2.24, 2.45) is 5.73 Å². The number of hydrogen-bond acceptors (Lipinski definition) is 3. The lowest BCUT2D eigenvalue weighted by Gasteiger charge is -2.06. The number of nitrogens with two attached hydrogens (primary N) is 1. The van der Waals surface area contributed by atoms with Crippen LogP contribution in [0.2, 0.25) is 0 Å². The molecule has 0 unspecified atom stereocenters. The standard InChI is InChI=1S/C11H11F2N3O/c12-9-3-7(5-14)4-10(13)8(9)6-16-2-1-11(15)17/h3-4,16H,1-2,6H2,(H2,15,17). The van der Waals surface area contributed by atoms with Crippen molar-refractivity contribution in [1.82, 2.24) is 5.32 Å². The van der Waals surface area contributed by atoms with Crippen molar-refractivity contribution in [3.05, 3.63) is 34.9 Å². The van der Waals surface area contributed by atoms with E-state index in [-0.39, 0.29) is 30.6 Å². The van der Waals surface area contributed by atoms with E-state index in [2.05, 4.69) is 5.32 Å². The summed E-state index contributed by atoms with van der Waals surface area (Å²) < 4.78 is 26.7. The largest absolute Gasteiger partial charge is 0.370 e. The molecule has 6 heteroatoms. The van der Waals surface area contributed by atoms with Crippen molar-refractivity contribution in [3.8, 4) is 6.07 Å². The summed E-state index contributed by atoms with van der Waals surface area (Å²) in [5.41, 5.74) is 4.68. The van der Waals surface area contributed by atoms with E-state index >= 15 is 0 Å². The van der Waals surface area contributed by atoms with Crippen LogP contribution in [0, 0.1) is 23.0 Å². The Morgan fingerprint density at radius 3 is 2.47 bits per heavy atom. The van der Waals surface area contributed by atoms with E-state index in [4.69, 9.17) is 11.0 Å². The number of nitrogens with one attached hydrogen (secondary N) is 1. The molecule has 90 valence electrons. The first-order valence-corrected chi connectivity index (χ1v) is 4.91. The predicted octanol–water partition coefficient (Wildman–Crippen LogP) is 0.801. The number of hydrogen-bond donors (Lipinski definition) is 2. The minimum Gasteiger partial charge on any atom is -0.370 e. The van der Waals surface area contributed by atoms with Crippen molar-refractivity contribution in [2.75, 3.05) is 6.54 Å². The van der Waals surface area contributed by atoms with Gasteiger partial charge in [-0.05, 0) is 12.1 Å². The maximum Gasteiger partial charge on any atom is 0.218 e. The molecule has 0 bridgehead atoms. The highest BCUT2D eigenvalue weighted by atomic mass is 19.1. The second-order valence-electron chi connectivity index (χ2n) is 3.42. The molecule has 0 aromatic heterocycles. The van der Waals surface area contributed by atoms with E-state index in [9.17, 15) is 13.6 Å². The fourth-order valence-corrected chi connectivity index (χ4v) is 1.26. The third kappa shape index (κ3) is 3.81. The molecule has 0 radical (unpaired) electrons. The van der Waals surface area contributed by atoms with Gasteiger partial charge in [-0.25, -0.2) is 8.78 Å². The van der Waals surface area contributed by atoms with Crippen LogP contribution in [0.1, 0.15) is 17.5 Å². The molecule has 0 spiro atoms. The van der Waals surface area contributed by atoms with Crippen LogP contribution < -0.4 is 11.1 Å².